The first-order valence-corrected chi connectivity index (χ1v) is 6.30. The Balaban J connectivity index is 2.02. The van der Waals surface area contributed by atoms with Gasteiger partial charge in [0.25, 0.3) is 0 Å². The molecule has 17 heavy (non-hydrogen) atoms. The molecule has 0 aromatic carbocycles. The predicted molar refractivity (Wildman–Crippen MR) is 68.9 cm³/mol. The quantitative estimate of drug-likeness (QED) is 0.560. The van der Waals surface area contributed by atoms with Crippen LogP contribution in [0, 0.1) is 0 Å². The van der Waals surface area contributed by atoms with Gasteiger partial charge in [0.2, 0.25) is 5.91 Å². The average molecular weight is 240 g/mol. The van der Waals surface area contributed by atoms with E-state index in [2.05, 4.69) is 11.9 Å². The van der Waals surface area contributed by atoms with E-state index < -0.39 is 0 Å². The third-order valence-corrected chi connectivity index (χ3v) is 2.97. The highest BCUT2D eigenvalue weighted by molar-refractivity contribution is 5.73. The third-order valence-electron chi connectivity index (χ3n) is 2.97. The molecule has 0 aromatic heterocycles. The number of hydrogen-bond acceptors (Lipinski definition) is 3. The molecule has 0 unspecified atom stereocenters. The van der Waals surface area contributed by atoms with Crippen molar-refractivity contribution in [3.63, 3.8) is 0 Å². The van der Waals surface area contributed by atoms with Gasteiger partial charge in [-0.1, -0.05) is 12.2 Å². The number of hydrogen-bond donors (Lipinski definition) is 1. The highest BCUT2D eigenvalue weighted by atomic mass is 16.5. The van der Waals surface area contributed by atoms with Crippen LogP contribution in [0.15, 0.2) is 12.2 Å². The maximum atomic E-state index is 11.1. The van der Waals surface area contributed by atoms with Gasteiger partial charge in [-0.25, -0.2) is 0 Å². The summed E-state index contributed by atoms with van der Waals surface area (Å²) >= 11 is 0. The van der Waals surface area contributed by atoms with E-state index in [-0.39, 0.29) is 5.91 Å². The van der Waals surface area contributed by atoms with Gasteiger partial charge >= 0.3 is 0 Å². The summed E-state index contributed by atoms with van der Waals surface area (Å²) in [5.41, 5.74) is 1.06. The molecule has 0 aliphatic carbocycles. The number of nitrogens with zero attached hydrogens (tertiary/aromatic N) is 1. The zero-order chi connectivity index (χ0) is 12.7. The van der Waals surface area contributed by atoms with E-state index in [1.807, 2.05) is 11.8 Å². The Hall–Kier alpha value is -0.870. The molecule has 0 radical (unpaired) electrons. The topological polar surface area (TPSA) is 41.6 Å². The summed E-state index contributed by atoms with van der Waals surface area (Å²) in [5, 5.41) is 3.46. The molecule has 0 atom stereocenters. The lowest BCUT2D eigenvalue weighted by Crippen LogP contribution is -2.44. The standard InChI is InChI=1S/C13H24N2O2/c1-11(2)10-17-9-6-14-13-4-7-15(8-5-13)12(3)16/h13-14H,1,4-10H2,2-3H3. The van der Waals surface area contributed by atoms with E-state index in [0.29, 0.717) is 12.6 Å². The number of rotatable bonds is 6. The molecule has 0 aromatic rings. The van der Waals surface area contributed by atoms with Crippen molar-refractivity contribution in [2.24, 2.45) is 0 Å². The van der Waals surface area contributed by atoms with E-state index in [9.17, 15) is 4.79 Å². The van der Waals surface area contributed by atoms with Crippen molar-refractivity contribution < 1.29 is 9.53 Å². The number of likely N-dealkylation sites (tertiary alicyclic amines) is 1. The molecule has 0 saturated carbocycles. The first-order chi connectivity index (χ1) is 8.09. The maximum Gasteiger partial charge on any atom is 0.219 e. The molecule has 4 nitrogen and oxygen atoms in total. The van der Waals surface area contributed by atoms with Crippen LogP contribution in [0.3, 0.4) is 0 Å². The van der Waals surface area contributed by atoms with Crippen molar-refractivity contribution in [2.75, 3.05) is 32.8 Å². The van der Waals surface area contributed by atoms with Crippen molar-refractivity contribution in [1.29, 1.82) is 0 Å². The van der Waals surface area contributed by atoms with Gasteiger partial charge in [-0.3, -0.25) is 4.79 Å². The van der Waals surface area contributed by atoms with Crippen LogP contribution in [0.2, 0.25) is 0 Å². The molecule has 1 amide bonds. The van der Waals surface area contributed by atoms with Crippen LogP contribution in [0.1, 0.15) is 26.7 Å². The van der Waals surface area contributed by atoms with Gasteiger partial charge in [0.05, 0.1) is 13.2 Å². The molecule has 1 heterocycles. The van der Waals surface area contributed by atoms with Crippen LogP contribution in [-0.4, -0.2) is 49.7 Å². The van der Waals surface area contributed by atoms with Gasteiger partial charge in [-0.2, -0.15) is 0 Å². The fourth-order valence-electron chi connectivity index (χ4n) is 1.98. The van der Waals surface area contributed by atoms with Gasteiger partial charge < -0.3 is 15.0 Å². The normalized spacial score (nSPS) is 17.2. The van der Waals surface area contributed by atoms with Crippen LogP contribution >= 0.6 is 0 Å². The van der Waals surface area contributed by atoms with Crippen LogP contribution in [0.4, 0.5) is 0 Å². The van der Waals surface area contributed by atoms with Gasteiger partial charge in [-0.15, -0.1) is 0 Å². The highest BCUT2D eigenvalue weighted by Gasteiger charge is 2.19. The first-order valence-electron chi connectivity index (χ1n) is 6.30. The lowest BCUT2D eigenvalue weighted by Gasteiger charge is -2.31. The SMILES string of the molecule is C=C(C)COCCNC1CCN(C(C)=O)CC1. The summed E-state index contributed by atoms with van der Waals surface area (Å²) < 4.78 is 5.42. The highest BCUT2D eigenvalue weighted by Crippen LogP contribution is 2.09. The van der Waals surface area contributed by atoms with Crippen LogP contribution < -0.4 is 5.32 Å². The Morgan fingerprint density at radius 1 is 1.41 bits per heavy atom. The first kappa shape index (κ1) is 14.2. The Labute approximate surface area is 104 Å². The molecule has 0 spiro atoms. The van der Waals surface area contributed by atoms with Crippen molar-refractivity contribution in [3.05, 3.63) is 12.2 Å². The lowest BCUT2D eigenvalue weighted by atomic mass is 10.1. The van der Waals surface area contributed by atoms with E-state index in [1.54, 1.807) is 6.92 Å². The largest absolute Gasteiger partial charge is 0.376 e. The smallest absolute Gasteiger partial charge is 0.219 e. The number of ether oxygens (including phenoxy) is 1. The second-order valence-electron chi connectivity index (χ2n) is 4.74. The summed E-state index contributed by atoms with van der Waals surface area (Å²) in [6.45, 7) is 11.4. The lowest BCUT2D eigenvalue weighted by molar-refractivity contribution is -0.129. The average Bonchev–Trinajstić information content (AvgIpc) is 2.29. The third kappa shape index (κ3) is 5.84. The zero-order valence-electron chi connectivity index (χ0n) is 11.0. The van der Waals surface area contributed by atoms with Gasteiger partial charge in [-0.05, 0) is 19.8 Å². The Morgan fingerprint density at radius 2 is 2.06 bits per heavy atom. The summed E-state index contributed by atoms with van der Waals surface area (Å²) in [6, 6.07) is 0.527. The summed E-state index contributed by atoms with van der Waals surface area (Å²) in [5.74, 6) is 0.188. The second-order valence-corrected chi connectivity index (χ2v) is 4.74. The van der Waals surface area contributed by atoms with Gasteiger partial charge in [0, 0.05) is 32.6 Å². The predicted octanol–water partition coefficient (Wildman–Crippen LogP) is 1.18. The molecule has 1 saturated heterocycles. The van der Waals surface area contributed by atoms with E-state index >= 15 is 0 Å². The van der Waals surface area contributed by atoms with E-state index in [4.69, 9.17) is 4.74 Å². The molecule has 1 fully saturated rings. The minimum atomic E-state index is 0.188. The number of nitrogens with one attached hydrogen (secondary N) is 1. The summed E-state index contributed by atoms with van der Waals surface area (Å²) in [4.78, 5) is 13.1. The van der Waals surface area contributed by atoms with Crippen molar-refractivity contribution in [3.8, 4) is 0 Å². The van der Waals surface area contributed by atoms with Crippen LogP contribution in [0.25, 0.3) is 0 Å². The van der Waals surface area contributed by atoms with Crippen molar-refractivity contribution >= 4 is 5.91 Å². The van der Waals surface area contributed by atoms with Crippen LogP contribution in [0.5, 0.6) is 0 Å². The fraction of sp³-hybridized carbons (Fsp3) is 0.769. The number of amides is 1. The Morgan fingerprint density at radius 3 is 2.59 bits per heavy atom. The summed E-state index contributed by atoms with van der Waals surface area (Å²) in [6.07, 6.45) is 2.08. The number of carbonyl (C=O) groups excluding carboxylic acids is 1. The summed E-state index contributed by atoms with van der Waals surface area (Å²) in [7, 11) is 0. The molecule has 98 valence electrons. The van der Waals surface area contributed by atoms with Gasteiger partial charge in [0.15, 0.2) is 0 Å². The number of piperidine rings is 1. The fourth-order valence-corrected chi connectivity index (χ4v) is 1.98. The minimum absolute atomic E-state index is 0.188. The second kappa shape index (κ2) is 7.45. The number of carbonyl (C=O) groups is 1. The van der Waals surface area contributed by atoms with Crippen molar-refractivity contribution in [1.82, 2.24) is 10.2 Å². The molecular formula is C13H24N2O2. The van der Waals surface area contributed by atoms with Crippen molar-refractivity contribution in [2.45, 2.75) is 32.7 Å². The molecule has 0 bridgehead atoms. The molecule has 1 aliphatic heterocycles. The van der Waals surface area contributed by atoms with E-state index in [1.165, 1.54) is 0 Å². The monoisotopic (exact) mass is 240 g/mol. The molecule has 4 heteroatoms. The minimum Gasteiger partial charge on any atom is -0.376 e. The molecular weight excluding hydrogens is 216 g/mol. The Bertz CT molecular complexity index is 258. The zero-order valence-corrected chi connectivity index (χ0v) is 11.0. The van der Waals surface area contributed by atoms with Crippen LogP contribution in [-0.2, 0) is 9.53 Å². The van der Waals surface area contributed by atoms with E-state index in [0.717, 1.165) is 44.7 Å². The maximum absolute atomic E-state index is 11.1. The van der Waals surface area contributed by atoms with Gasteiger partial charge in [0.1, 0.15) is 0 Å². The molecule has 1 rings (SSSR count). The molecule has 1 N–H and O–H groups in total. The molecule has 1 aliphatic rings. The Kier molecular flexibility index (Phi) is 6.22.